The van der Waals surface area contributed by atoms with Gasteiger partial charge in [0, 0.05) is 24.2 Å². The summed E-state index contributed by atoms with van der Waals surface area (Å²) in [5.74, 6) is -0.725. The summed E-state index contributed by atoms with van der Waals surface area (Å²) in [7, 11) is -3.93. The van der Waals surface area contributed by atoms with Crippen LogP contribution in [0.3, 0.4) is 0 Å². The van der Waals surface area contributed by atoms with Crippen LogP contribution in [-0.4, -0.2) is 26.8 Å². The molecule has 1 aliphatic heterocycles. The molecule has 0 unspecified atom stereocenters. The number of amides is 2. The zero-order valence-corrected chi connectivity index (χ0v) is 13.6. The molecule has 1 fully saturated rings. The lowest BCUT2D eigenvalue weighted by Gasteiger charge is -2.16. The molecule has 1 N–H and O–H groups in total. The molecule has 6 nitrogen and oxygen atoms in total. The van der Waals surface area contributed by atoms with Crippen LogP contribution in [0.5, 0.6) is 0 Å². The summed E-state index contributed by atoms with van der Waals surface area (Å²) >= 11 is 0. The quantitative estimate of drug-likeness (QED) is 0.919. The average molecular weight is 344 g/mol. The second kappa shape index (κ2) is 6.45. The molecule has 0 radical (unpaired) electrons. The lowest BCUT2D eigenvalue weighted by atomic mass is 10.2. The number of rotatable bonds is 4. The van der Waals surface area contributed by atoms with E-state index in [1.54, 1.807) is 35.2 Å². The van der Waals surface area contributed by atoms with Crippen LogP contribution in [0.1, 0.15) is 23.2 Å². The van der Waals surface area contributed by atoms with E-state index in [0.717, 1.165) is 6.42 Å². The number of carbonyl (C=O) groups is 2. The zero-order valence-electron chi connectivity index (χ0n) is 12.8. The summed E-state index contributed by atoms with van der Waals surface area (Å²) in [5.41, 5.74) is 0.786. The van der Waals surface area contributed by atoms with Crippen molar-refractivity contribution < 1.29 is 18.0 Å². The van der Waals surface area contributed by atoms with Gasteiger partial charge in [-0.2, -0.15) is 0 Å². The number of hydrogen-bond acceptors (Lipinski definition) is 4. The molecule has 24 heavy (non-hydrogen) atoms. The minimum absolute atomic E-state index is 0.00413. The largest absolute Gasteiger partial charge is 0.312 e. The molecular weight excluding hydrogens is 328 g/mol. The molecule has 2 aromatic carbocycles. The predicted octanol–water partition coefficient (Wildman–Crippen LogP) is 1.93. The summed E-state index contributed by atoms with van der Waals surface area (Å²) in [4.78, 5) is 25.7. The van der Waals surface area contributed by atoms with Crippen LogP contribution >= 0.6 is 0 Å². The van der Waals surface area contributed by atoms with E-state index in [-0.39, 0.29) is 16.4 Å². The number of nitrogens with one attached hydrogen (secondary N) is 1. The highest BCUT2D eigenvalue weighted by molar-refractivity contribution is 7.90. The van der Waals surface area contributed by atoms with Crippen LogP contribution < -0.4 is 9.62 Å². The Morgan fingerprint density at radius 3 is 2.46 bits per heavy atom. The summed E-state index contributed by atoms with van der Waals surface area (Å²) in [6, 6.07) is 14.1. The summed E-state index contributed by atoms with van der Waals surface area (Å²) < 4.78 is 26.5. The van der Waals surface area contributed by atoms with E-state index in [1.165, 1.54) is 24.3 Å². The van der Waals surface area contributed by atoms with Crippen molar-refractivity contribution in [3.8, 4) is 0 Å². The van der Waals surface area contributed by atoms with Gasteiger partial charge < -0.3 is 4.90 Å². The van der Waals surface area contributed by atoms with Gasteiger partial charge in [0.15, 0.2) is 0 Å². The molecule has 2 amide bonds. The molecule has 1 heterocycles. The van der Waals surface area contributed by atoms with Crippen LogP contribution in [0.15, 0.2) is 59.5 Å². The molecule has 0 spiro atoms. The van der Waals surface area contributed by atoms with E-state index in [9.17, 15) is 18.0 Å². The number of nitrogens with zero attached hydrogens (tertiary/aromatic N) is 1. The predicted molar refractivity (Wildman–Crippen MR) is 89.1 cm³/mol. The molecule has 0 aromatic heterocycles. The number of sulfonamides is 1. The van der Waals surface area contributed by atoms with Gasteiger partial charge in [-0.15, -0.1) is 0 Å². The summed E-state index contributed by atoms with van der Waals surface area (Å²) in [6.07, 6.45) is 1.26. The van der Waals surface area contributed by atoms with Crippen molar-refractivity contribution in [3.63, 3.8) is 0 Å². The normalized spacial score (nSPS) is 14.7. The van der Waals surface area contributed by atoms with Crippen molar-refractivity contribution in [2.75, 3.05) is 11.4 Å². The second-order valence-electron chi connectivity index (χ2n) is 5.45. The van der Waals surface area contributed by atoms with Gasteiger partial charge in [0.05, 0.1) is 4.90 Å². The Bertz CT molecular complexity index is 878. The smallest absolute Gasteiger partial charge is 0.265 e. The van der Waals surface area contributed by atoms with Gasteiger partial charge in [-0.1, -0.05) is 24.3 Å². The summed E-state index contributed by atoms with van der Waals surface area (Å²) in [6.45, 7) is 0.603. The first-order chi connectivity index (χ1) is 11.5. The number of anilines is 1. The van der Waals surface area contributed by atoms with E-state index in [2.05, 4.69) is 0 Å². The molecule has 124 valence electrons. The van der Waals surface area contributed by atoms with Gasteiger partial charge in [0.1, 0.15) is 0 Å². The van der Waals surface area contributed by atoms with Crippen LogP contribution in [0.25, 0.3) is 0 Å². The topological polar surface area (TPSA) is 83.6 Å². The van der Waals surface area contributed by atoms with E-state index in [1.807, 2.05) is 4.72 Å². The Morgan fingerprint density at radius 2 is 1.79 bits per heavy atom. The molecule has 0 saturated carbocycles. The fraction of sp³-hybridized carbons (Fsp3) is 0.176. The average Bonchev–Trinajstić information content (AvgIpc) is 3.01. The maximum Gasteiger partial charge on any atom is 0.265 e. The fourth-order valence-electron chi connectivity index (χ4n) is 2.58. The van der Waals surface area contributed by atoms with Crippen LogP contribution in [-0.2, 0) is 14.8 Å². The first kappa shape index (κ1) is 16.2. The highest BCUT2D eigenvalue weighted by Gasteiger charge is 2.23. The van der Waals surface area contributed by atoms with Gasteiger partial charge >= 0.3 is 0 Å². The van der Waals surface area contributed by atoms with Crippen LogP contribution in [0.2, 0.25) is 0 Å². The highest BCUT2D eigenvalue weighted by Crippen LogP contribution is 2.22. The minimum Gasteiger partial charge on any atom is -0.312 e. The molecule has 1 saturated heterocycles. The lowest BCUT2D eigenvalue weighted by Crippen LogP contribution is -2.31. The first-order valence-electron chi connectivity index (χ1n) is 7.50. The molecule has 0 atom stereocenters. The monoisotopic (exact) mass is 344 g/mol. The van der Waals surface area contributed by atoms with E-state index in [0.29, 0.717) is 18.7 Å². The van der Waals surface area contributed by atoms with Gasteiger partial charge in [0.25, 0.3) is 15.9 Å². The van der Waals surface area contributed by atoms with E-state index < -0.39 is 15.9 Å². The van der Waals surface area contributed by atoms with Crippen molar-refractivity contribution in [1.29, 1.82) is 0 Å². The Balaban J connectivity index is 1.82. The SMILES string of the molecule is O=C(NS(=O)(=O)c1ccccc1)c1cccc(N2CCCC2=O)c1. The van der Waals surface area contributed by atoms with E-state index in [4.69, 9.17) is 0 Å². The lowest BCUT2D eigenvalue weighted by molar-refractivity contribution is -0.117. The first-order valence-corrected chi connectivity index (χ1v) is 8.98. The molecule has 0 aliphatic carbocycles. The maximum absolute atomic E-state index is 12.3. The Labute approximate surface area is 140 Å². The van der Waals surface area contributed by atoms with Gasteiger partial charge in [-0.05, 0) is 36.8 Å². The molecular formula is C17H16N2O4S. The second-order valence-corrected chi connectivity index (χ2v) is 7.13. The Morgan fingerprint density at radius 1 is 1.04 bits per heavy atom. The summed E-state index contributed by atoms with van der Waals surface area (Å²) in [5, 5.41) is 0. The molecule has 1 aliphatic rings. The minimum atomic E-state index is -3.93. The van der Waals surface area contributed by atoms with E-state index >= 15 is 0 Å². The van der Waals surface area contributed by atoms with Crippen LogP contribution in [0, 0.1) is 0 Å². The third-order valence-corrected chi connectivity index (χ3v) is 5.12. The third kappa shape index (κ3) is 3.30. The van der Waals surface area contributed by atoms with Crippen molar-refractivity contribution >= 4 is 27.5 Å². The van der Waals surface area contributed by atoms with Gasteiger partial charge in [0.2, 0.25) is 5.91 Å². The third-order valence-electron chi connectivity index (χ3n) is 3.77. The molecule has 0 bridgehead atoms. The Hall–Kier alpha value is -2.67. The van der Waals surface area contributed by atoms with Crippen molar-refractivity contribution in [2.45, 2.75) is 17.7 Å². The fourth-order valence-corrected chi connectivity index (χ4v) is 3.57. The molecule has 7 heteroatoms. The zero-order chi connectivity index (χ0) is 17.2. The van der Waals surface area contributed by atoms with Gasteiger partial charge in [-0.25, -0.2) is 13.1 Å². The highest BCUT2D eigenvalue weighted by atomic mass is 32.2. The van der Waals surface area contributed by atoms with Crippen LogP contribution in [0.4, 0.5) is 5.69 Å². The molecule has 2 aromatic rings. The number of benzene rings is 2. The van der Waals surface area contributed by atoms with Crippen molar-refractivity contribution in [2.24, 2.45) is 0 Å². The maximum atomic E-state index is 12.3. The van der Waals surface area contributed by atoms with Crippen molar-refractivity contribution in [3.05, 3.63) is 60.2 Å². The standard InChI is InChI=1S/C17H16N2O4S/c20-16-10-5-11-19(16)14-7-4-6-13(12-14)17(21)18-24(22,23)15-8-2-1-3-9-15/h1-4,6-9,12H,5,10-11H2,(H,18,21). The number of hydrogen-bond donors (Lipinski definition) is 1. The van der Waals surface area contributed by atoms with Gasteiger partial charge in [-0.3, -0.25) is 9.59 Å². The Kier molecular flexibility index (Phi) is 4.35. The molecule has 3 rings (SSSR count). The van der Waals surface area contributed by atoms with Crippen molar-refractivity contribution in [1.82, 2.24) is 4.72 Å². The number of carbonyl (C=O) groups excluding carboxylic acids is 2.